The first-order valence-electron chi connectivity index (χ1n) is 5.28. The van der Waals surface area contributed by atoms with Crippen LogP contribution in [0.1, 0.15) is 0 Å². The van der Waals surface area contributed by atoms with E-state index in [1.165, 1.54) is 30.5 Å². The van der Waals surface area contributed by atoms with Gasteiger partial charge >= 0.3 is 0 Å². The fourth-order valence-electron chi connectivity index (χ4n) is 1.48. The molecule has 1 N–H and O–H groups in total. The summed E-state index contributed by atoms with van der Waals surface area (Å²) in [5.41, 5.74) is -0.338. The lowest BCUT2D eigenvalue weighted by Crippen LogP contribution is -2.14. The van der Waals surface area contributed by atoms with Gasteiger partial charge < -0.3 is 0 Å². The normalized spacial score (nSPS) is 11.1. The third-order valence-electron chi connectivity index (χ3n) is 2.33. The van der Waals surface area contributed by atoms with Crippen LogP contribution < -0.4 is 4.72 Å². The number of aromatic nitrogens is 1. The fourth-order valence-corrected chi connectivity index (χ4v) is 2.81. The molecule has 0 aliphatic heterocycles. The molecule has 1 aromatic carbocycles. The predicted molar refractivity (Wildman–Crippen MR) is 73.2 cm³/mol. The van der Waals surface area contributed by atoms with E-state index < -0.39 is 25.5 Å². The number of benzene rings is 1. The smallest absolute Gasteiger partial charge is 0.278 e. The van der Waals surface area contributed by atoms with Crippen molar-refractivity contribution in [2.45, 2.75) is 4.90 Å². The maximum Gasteiger partial charge on any atom is 0.289 e. The predicted octanol–water partition coefficient (Wildman–Crippen LogP) is 2.44. The lowest BCUT2D eigenvalue weighted by Gasteiger charge is -2.07. The summed E-state index contributed by atoms with van der Waals surface area (Å²) in [6.45, 7) is 0. The van der Waals surface area contributed by atoms with E-state index in [2.05, 4.69) is 9.71 Å². The highest BCUT2D eigenvalue weighted by Crippen LogP contribution is 2.25. The van der Waals surface area contributed by atoms with Crippen LogP contribution in [0.5, 0.6) is 0 Å². The maximum atomic E-state index is 12.1. The first kappa shape index (κ1) is 14.2. The second-order valence-electron chi connectivity index (χ2n) is 3.70. The molecule has 7 nitrogen and oxygen atoms in total. The van der Waals surface area contributed by atoms with Gasteiger partial charge in [0.2, 0.25) is 0 Å². The Morgan fingerprint density at radius 1 is 1.20 bits per heavy atom. The number of nitrogens with one attached hydrogen (secondary N) is 1. The Hall–Kier alpha value is -2.19. The van der Waals surface area contributed by atoms with E-state index in [1.807, 2.05) is 0 Å². The van der Waals surface area contributed by atoms with Crippen molar-refractivity contribution < 1.29 is 13.3 Å². The molecule has 0 radical (unpaired) electrons. The van der Waals surface area contributed by atoms with Crippen molar-refractivity contribution in [3.05, 3.63) is 57.9 Å². The minimum absolute atomic E-state index is 0.160. The molecule has 0 aliphatic rings. The number of nitro benzene ring substituents is 1. The van der Waals surface area contributed by atoms with Gasteiger partial charge in [0.05, 0.1) is 16.8 Å². The summed E-state index contributed by atoms with van der Waals surface area (Å²) in [4.78, 5) is 13.4. The van der Waals surface area contributed by atoms with Crippen molar-refractivity contribution in [3.63, 3.8) is 0 Å². The van der Waals surface area contributed by atoms with E-state index in [1.54, 1.807) is 0 Å². The Bertz CT molecular complexity index is 747. The van der Waals surface area contributed by atoms with E-state index in [0.717, 1.165) is 12.1 Å². The lowest BCUT2D eigenvalue weighted by molar-refractivity contribution is -0.387. The van der Waals surface area contributed by atoms with Crippen LogP contribution in [0.25, 0.3) is 0 Å². The van der Waals surface area contributed by atoms with Crippen molar-refractivity contribution >= 4 is 33.0 Å². The largest absolute Gasteiger partial charge is 0.289 e. The van der Waals surface area contributed by atoms with Gasteiger partial charge in [-0.3, -0.25) is 14.8 Å². The molecule has 0 unspecified atom stereocenters. The number of hydrogen-bond acceptors (Lipinski definition) is 5. The number of nitro groups is 1. The number of sulfonamides is 1. The highest BCUT2D eigenvalue weighted by Gasteiger charge is 2.25. The number of anilines is 1. The molecule has 1 aromatic heterocycles. The van der Waals surface area contributed by atoms with Gasteiger partial charge in [-0.05, 0) is 18.2 Å². The van der Waals surface area contributed by atoms with Gasteiger partial charge in [-0.1, -0.05) is 23.7 Å². The average molecular weight is 314 g/mol. The highest BCUT2D eigenvalue weighted by molar-refractivity contribution is 7.92. The topological polar surface area (TPSA) is 102 Å². The molecular formula is C11H8ClN3O4S. The SMILES string of the molecule is O=[N+]([O-])c1ccccc1S(=O)(=O)Nc1ccc(Cl)nc1. The average Bonchev–Trinajstić information content (AvgIpc) is 2.41. The Balaban J connectivity index is 2.41. The van der Waals surface area contributed by atoms with Crippen LogP contribution in [0.3, 0.4) is 0 Å². The minimum Gasteiger partial charge on any atom is -0.278 e. The van der Waals surface area contributed by atoms with Gasteiger partial charge in [0, 0.05) is 6.07 Å². The molecule has 0 amide bonds. The van der Waals surface area contributed by atoms with Crippen LogP contribution >= 0.6 is 11.6 Å². The summed E-state index contributed by atoms with van der Waals surface area (Å²) in [7, 11) is -4.08. The van der Waals surface area contributed by atoms with E-state index in [-0.39, 0.29) is 10.8 Å². The summed E-state index contributed by atoms with van der Waals surface area (Å²) in [5, 5.41) is 11.1. The zero-order valence-corrected chi connectivity index (χ0v) is 11.4. The van der Waals surface area contributed by atoms with Gasteiger partial charge in [-0.25, -0.2) is 13.4 Å². The molecule has 0 atom stereocenters. The quantitative estimate of drug-likeness (QED) is 0.530. The van der Waals surface area contributed by atoms with E-state index in [9.17, 15) is 18.5 Å². The molecule has 0 aliphatic carbocycles. The number of halogens is 1. The summed E-state index contributed by atoms with van der Waals surface area (Å²) in [6, 6.07) is 7.88. The van der Waals surface area contributed by atoms with Crippen LogP contribution in [-0.4, -0.2) is 18.3 Å². The van der Waals surface area contributed by atoms with Crippen LogP contribution in [0.4, 0.5) is 11.4 Å². The minimum atomic E-state index is -4.08. The van der Waals surface area contributed by atoms with Gasteiger partial charge in [-0.2, -0.15) is 0 Å². The summed E-state index contributed by atoms with van der Waals surface area (Å²) in [6.07, 6.45) is 1.22. The molecule has 0 saturated carbocycles. The molecule has 9 heteroatoms. The van der Waals surface area contributed by atoms with Crippen LogP contribution in [0, 0.1) is 10.1 Å². The van der Waals surface area contributed by atoms with Gasteiger partial charge in [0.25, 0.3) is 15.7 Å². The number of rotatable bonds is 4. The number of para-hydroxylation sites is 1. The molecular weight excluding hydrogens is 306 g/mol. The molecule has 104 valence electrons. The fraction of sp³-hybridized carbons (Fsp3) is 0. The van der Waals surface area contributed by atoms with Gasteiger partial charge in [0.15, 0.2) is 4.90 Å². The zero-order chi connectivity index (χ0) is 14.8. The first-order valence-corrected chi connectivity index (χ1v) is 7.14. The van der Waals surface area contributed by atoms with E-state index in [0.29, 0.717) is 0 Å². The van der Waals surface area contributed by atoms with Crippen molar-refractivity contribution in [2.75, 3.05) is 4.72 Å². The zero-order valence-electron chi connectivity index (χ0n) is 9.86. The Morgan fingerprint density at radius 2 is 1.90 bits per heavy atom. The number of nitrogens with zero attached hydrogens (tertiary/aromatic N) is 2. The van der Waals surface area contributed by atoms with E-state index >= 15 is 0 Å². The molecule has 20 heavy (non-hydrogen) atoms. The van der Waals surface area contributed by atoms with Crippen molar-refractivity contribution in [1.29, 1.82) is 0 Å². The van der Waals surface area contributed by atoms with Crippen molar-refractivity contribution in [3.8, 4) is 0 Å². The maximum absolute atomic E-state index is 12.1. The second-order valence-corrected chi connectivity index (χ2v) is 5.74. The monoisotopic (exact) mass is 313 g/mol. The Morgan fingerprint density at radius 3 is 2.50 bits per heavy atom. The van der Waals surface area contributed by atoms with Crippen LogP contribution in [0.2, 0.25) is 5.15 Å². The molecule has 2 aromatic rings. The van der Waals surface area contributed by atoms with Crippen molar-refractivity contribution in [2.24, 2.45) is 0 Å². The molecule has 1 heterocycles. The van der Waals surface area contributed by atoms with Crippen molar-refractivity contribution in [1.82, 2.24) is 4.98 Å². The van der Waals surface area contributed by atoms with Gasteiger partial charge in [-0.15, -0.1) is 0 Å². The Kier molecular flexibility index (Phi) is 3.86. The number of hydrogen-bond donors (Lipinski definition) is 1. The lowest BCUT2D eigenvalue weighted by atomic mass is 10.3. The number of pyridine rings is 1. The second kappa shape index (κ2) is 5.43. The van der Waals surface area contributed by atoms with Crippen LogP contribution in [0.15, 0.2) is 47.5 Å². The first-order chi connectivity index (χ1) is 9.40. The Labute approximate surface area is 119 Å². The molecule has 0 fully saturated rings. The summed E-state index contributed by atoms with van der Waals surface area (Å²) >= 11 is 5.59. The summed E-state index contributed by atoms with van der Waals surface area (Å²) in [5.74, 6) is 0. The summed E-state index contributed by atoms with van der Waals surface area (Å²) < 4.78 is 26.5. The van der Waals surface area contributed by atoms with Gasteiger partial charge in [0.1, 0.15) is 5.15 Å². The van der Waals surface area contributed by atoms with E-state index in [4.69, 9.17) is 11.6 Å². The third kappa shape index (κ3) is 3.03. The third-order valence-corrected chi connectivity index (χ3v) is 3.98. The molecule has 0 spiro atoms. The molecule has 0 bridgehead atoms. The highest BCUT2D eigenvalue weighted by atomic mass is 35.5. The standard InChI is InChI=1S/C11H8ClN3O4S/c12-11-6-5-8(7-13-11)14-20(18,19)10-4-2-1-3-9(10)15(16)17/h1-7,14H. The molecule has 0 saturated heterocycles. The molecule has 2 rings (SSSR count). The van der Waals surface area contributed by atoms with Crippen LogP contribution in [-0.2, 0) is 10.0 Å².